The Morgan fingerprint density at radius 3 is 3.29 bits per heavy atom. The van der Waals surface area contributed by atoms with Crippen LogP contribution in [-0.2, 0) is 5.60 Å². The molecule has 0 radical (unpaired) electrons. The van der Waals surface area contributed by atoms with Gasteiger partial charge in [-0.3, -0.25) is 4.90 Å². The van der Waals surface area contributed by atoms with E-state index in [1.54, 1.807) is 0 Å². The maximum absolute atomic E-state index is 10.6. The lowest BCUT2D eigenvalue weighted by Crippen LogP contribution is -2.38. The molecule has 2 atom stereocenters. The van der Waals surface area contributed by atoms with Crippen molar-refractivity contribution < 1.29 is 5.11 Å². The average Bonchev–Trinajstić information content (AvgIpc) is 2.84. The zero-order chi connectivity index (χ0) is 9.60. The van der Waals surface area contributed by atoms with Crippen molar-refractivity contribution in [1.82, 2.24) is 9.27 Å². The first-order valence-electron chi connectivity index (χ1n) is 5.18. The maximum atomic E-state index is 10.6. The minimum Gasteiger partial charge on any atom is -0.382 e. The molecular formula is C10H14N2OS. The van der Waals surface area contributed by atoms with E-state index in [4.69, 9.17) is 0 Å². The zero-order valence-electron chi connectivity index (χ0n) is 8.02. The molecular weight excluding hydrogens is 196 g/mol. The quantitative estimate of drug-likeness (QED) is 0.756. The van der Waals surface area contributed by atoms with Crippen molar-refractivity contribution in [2.75, 3.05) is 13.1 Å². The first kappa shape index (κ1) is 8.83. The molecule has 1 aromatic heterocycles. The molecule has 3 rings (SSSR count). The van der Waals surface area contributed by atoms with Gasteiger partial charge in [0.1, 0.15) is 5.60 Å². The van der Waals surface area contributed by atoms with E-state index in [1.807, 2.05) is 11.4 Å². The molecule has 0 amide bonds. The van der Waals surface area contributed by atoms with Gasteiger partial charge < -0.3 is 5.11 Å². The van der Waals surface area contributed by atoms with E-state index >= 15 is 0 Å². The Morgan fingerprint density at radius 2 is 2.50 bits per heavy atom. The number of nitrogens with zero attached hydrogens (tertiary/aromatic N) is 2. The lowest BCUT2D eigenvalue weighted by molar-refractivity contribution is 0.00623. The number of aliphatic hydroxyl groups is 1. The van der Waals surface area contributed by atoms with E-state index in [1.165, 1.54) is 18.0 Å². The molecule has 2 fully saturated rings. The Balaban J connectivity index is 1.97. The van der Waals surface area contributed by atoms with Crippen molar-refractivity contribution >= 4 is 11.5 Å². The highest BCUT2D eigenvalue weighted by atomic mass is 32.1. The summed E-state index contributed by atoms with van der Waals surface area (Å²) in [4.78, 5) is 2.40. The third kappa shape index (κ3) is 1.08. The molecule has 3 nitrogen and oxygen atoms in total. The summed E-state index contributed by atoms with van der Waals surface area (Å²) in [5, 5.41) is 12.6. The second-order valence-corrected chi connectivity index (χ2v) is 4.92. The van der Waals surface area contributed by atoms with Crippen molar-refractivity contribution in [3.05, 3.63) is 17.1 Å². The highest BCUT2D eigenvalue weighted by Crippen LogP contribution is 2.42. The molecule has 1 N–H and O–H groups in total. The summed E-state index contributed by atoms with van der Waals surface area (Å²) < 4.78 is 4.30. The van der Waals surface area contributed by atoms with Gasteiger partial charge in [-0.2, -0.15) is 4.37 Å². The molecule has 3 heterocycles. The molecule has 0 aromatic carbocycles. The highest BCUT2D eigenvalue weighted by molar-refractivity contribution is 7.03. The van der Waals surface area contributed by atoms with Crippen molar-refractivity contribution in [3.63, 3.8) is 0 Å². The van der Waals surface area contributed by atoms with Crippen LogP contribution in [-0.4, -0.2) is 33.5 Å². The van der Waals surface area contributed by atoms with Gasteiger partial charge in [0.05, 0.1) is 5.69 Å². The summed E-state index contributed by atoms with van der Waals surface area (Å²) in [6, 6.07) is 2.29. The van der Waals surface area contributed by atoms with Gasteiger partial charge in [-0.25, -0.2) is 0 Å². The fourth-order valence-corrected chi connectivity index (χ4v) is 3.43. The summed E-state index contributed by atoms with van der Waals surface area (Å²) in [6.45, 7) is 2.18. The molecule has 0 aliphatic carbocycles. The molecule has 2 unspecified atom stereocenters. The van der Waals surface area contributed by atoms with Crippen LogP contribution in [0.25, 0.3) is 0 Å². The fraction of sp³-hybridized carbons (Fsp3) is 0.700. The predicted octanol–water partition coefficient (Wildman–Crippen LogP) is 1.20. The summed E-state index contributed by atoms with van der Waals surface area (Å²) in [7, 11) is 0. The summed E-state index contributed by atoms with van der Waals surface area (Å²) >= 11 is 1.43. The molecule has 4 heteroatoms. The number of hydrogen-bond donors (Lipinski definition) is 1. The number of aromatic nitrogens is 1. The van der Waals surface area contributed by atoms with E-state index in [-0.39, 0.29) is 0 Å². The van der Waals surface area contributed by atoms with Crippen LogP contribution in [0.5, 0.6) is 0 Å². The molecule has 2 aliphatic heterocycles. The van der Waals surface area contributed by atoms with Crippen LogP contribution in [0.3, 0.4) is 0 Å². The molecule has 0 spiro atoms. The van der Waals surface area contributed by atoms with Crippen molar-refractivity contribution in [1.29, 1.82) is 0 Å². The van der Waals surface area contributed by atoms with Gasteiger partial charge in [-0.1, -0.05) is 0 Å². The second-order valence-electron chi connectivity index (χ2n) is 4.25. The minimum atomic E-state index is -0.656. The Kier molecular flexibility index (Phi) is 1.90. The number of hydrogen-bond acceptors (Lipinski definition) is 4. The summed E-state index contributed by atoms with van der Waals surface area (Å²) in [6.07, 6.45) is 3.19. The Hall–Kier alpha value is -0.450. The van der Waals surface area contributed by atoms with Crippen molar-refractivity contribution in [3.8, 4) is 0 Å². The molecule has 0 bridgehead atoms. The van der Waals surface area contributed by atoms with Crippen molar-refractivity contribution in [2.24, 2.45) is 0 Å². The van der Waals surface area contributed by atoms with Crippen LogP contribution in [0.2, 0.25) is 0 Å². The normalized spacial score (nSPS) is 37.6. The van der Waals surface area contributed by atoms with Crippen molar-refractivity contribution in [2.45, 2.75) is 30.9 Å². The topological polar surface area (TPSA) is 36.4 Å². The number of fused-ring (bicyclic) bond motifs is 1. The van der Waals surface area contributed by atoms with E-state index in [2.05, 4.69) is 9.27 Å². The summed E-state index contributed by atoms with van der Waals surface area (Å²) in [5.41, 5.74) is 0.230. The Morgan fingerprint density at radius 1 is 1.57 bits per heavy atom. The highest BCUT2D eigenvalue weighted by Gasteiger charge is 2.50. The lowest BCUT2D eigenvalue weighted by atomic mass is 9.89. The van der Waals surface area contributed by atoms with Crippen LogP contribution in [0.1, 0.15) is 25.0 Å². The third-order valence-electron chi connectivity index (χ3n) is 3.58. The second kappa shape index (κ2) is 3.02. The maximum Gasteiger partial charge on any atom is 0.124 e. The Labute approximate surface area is 87.5 Å². The first-order chi connectivity index (χ1) is 6.81. The standard InChI is InChI=1S/C10H14N2OS/c13-10(8-3-7-14-11-8)4-6-12-5-1-2-9(10)12/h3,7,9,13H,1-2,4-6H2. The zero-order valence-corrected chi connectivity index (χ0v) is 8.83. The monoisotopic (exact) mass is 210 g/mol. The molecule has 14 heavy (non-hydrogen) atoms. The molecule has 2 saturated heterocycles. The largest absolute Gasteiger partial charge is 0.382 e. The van der Waals surface area contributed by atoms with Gasteiger partial charge in [0.25, 0.3) is 0 Å². The molecule has 76 valence electrons. The van der Waals surface area contributed by atoms with Gasteiger partial charge in [-0.05, 0) is 43.4 Å². The Bertz CT molecular complexity index is 327. The van der Waals surface area contributed by atoms with Gasteiger partial charge >= 0.3 is 0 Å². The van der Waals surface area contributed by atoms with Gasteiger partial charge in [0.15, 0.2) is 0 Å². The van der Waals surface area contributed by atoms with Crippen LogP contribution in [0.15, 0.2) is 11.4 Å². The molecule has 1 aromatic rings. The lowest BCUT2D eigenvalue weighted by Gasteiger charge is -2.27. The van der Waals surface area contributed by atoms with E-state index in [0.29, 0.717) is 6.04 Å². The van der Waals surface area contributed by atoms with Gasteiger partial charge in [0, 0.05) is 18.0 Å². The van der Waals surface area contributed by atoms with E-state index in [0.717, 1.165) is 31.6 Å². The average molecular weight is 210 g/mol. The minimum absolute atomic E-state index is 0.324. The van der Waals surface area contributed by atoms with Gasteiger partial charge in [0.2, 0.25) is 0 Å². The van der Waals surface area contributed by atoms with E-state index in [9.17, 15) is 5.11 Å². The fourth-order valence-electron chi connectivity index (χ4n) is 2.85. The number of rotatable bonds is 1. The van der Waals surface area contributed by atoms with E-state index < -0.39 is 5.60 Å². The van der Waals surface area contributed by atoms with Gasteiger partial charge in [-0.15, -0.1) is 0 Å². The first-order valence-corrected chi connectivity index (χ1v) is 6.02. The van der Waals surface area contributed by atoms with Crippen LogP contribution in [0, 0.1) is 0 Å². The molecule has 0 saturated carbocycles. The van der Waals surface area contributed by atoms with Crippen LogP contribution < -0.4 is 0 Å². The SMILES string of the molecule is OC1(c2ccsn2)CCN2CCCC21. The van der Waals surface area contributed by atoms with Crippen LogP contribution >= 0.6 is 11.5 Å². The third-order valence-corrected chi connectivity index (χ3v) is 4.14. The smallest absolute Gasteiger partial charge is 0.124 e. The summed E-state index contributed by atoms with van der Waals surface area (Å²) in [5.74, 6) is 0. The molecule has 2 aliphatic rings. The van der Waals surface area contributed by atoms with Crippen LogP contribution in [0.4, 0.5) is 0 Å². The predicted molar refractivity (Wildman–Crippen MR) is 55.2 cm³/mol.